The molecule has 2 aromatic rings. The highest BCUT2D eigenvalue weighted by atomic mass is 79.9. The minimum absolute atomic E-state index is 0.100. The van der Waals surface area contributed by atoms with E-state index in [2.05, 4.69) is 33.9 Å². The summed E-state index contributed by atoms with van der Waals surface area (Å²) in [6.45, 7) is 1.96. The van der Waals surface area contributed by atoms with Gasteiger partial charge in [0.05, 0.1) is 4.88 Å². The molecule has 1 aromatic carbocycles. The monoisotopic (exact) mass is 327 g/mol. The number of thiol groups is 1. The van der Waals surface area contributed by atoms with Crippen LogP contribution in [0, 0.1) is 6.92 Å². The number of hydrogen-bond donors (Lipinski definition) is 2. The van der Waals surface area contributed by atoms with E-state index in [1.165, 1.54) is 11.3 Å². The number of benzene rings is 1. The molecule has 0 fully saturated rings. The normalized spacial score (nSPS) is 10.3. The number of carbonyl (C=O) groups excluding carboxylic acids is 1. The van der Waals surface area contributed by atoms with Gasteiger partial charge < -0.3 is 5.32 Å². The molecule has 2 rings (SSSR count). The first-order valence-electron chi connectivity index (χ1n) is 4.92. The van der Waals surface area contributed by atoms with Crippen LogP contribution in [0.5, 0.6) is 0 Å². The minimum Gasteiger partial charge on any atom is -0.321 e. The zero-order valence-electron chi connectivity index (χ0n) is 9.03. The average Bonchev–Trinajstić information content (AvgIpc) is 2.72. The zero-order chi connectivity index (χ0) is 12.4. The number of nitrogens with one attached hydrogen (secondary N) is 1. The highest BCUT2D eigenvalue weighted by Crippen LogP contribution is 2.25. The van der Waals surface area contributed by atoms with Crippen LogP contribution in [-0.4, -0.2) is 5.91 Å². The predicted molar refractivity (Wildman–Crippen MR) is 78.4 cm³/mol. The molecular weight excluding hydrogens is 318 g/mol. The summed E-state index contributed by atoms with van der Waals surface area (Å²) < 4.78 is 0.983. The molecule has 5 heteroatoms. The van der Waals surface area contributed by atoms with Crippen molar-refractivity contribution < 1.29 is 4.79 Å². The molecule has 0 aliphatic rings. The van der Waals surface area contributed by atoms with E-state index in [1.54, 1.807) is 6.07 Å². The lowest BCUT2D eigenvalue weighted by molar-refractivity contribution is 0.103. The molecule has 0 radical (unpaired) electrons. The molecule has 88 valence electrons. The Bertz CT molecular complexity index is 565. The van der Waals surface area contributed by atoms with E-state index >= 15 is 0 Å². The van der Waals surface area contributed by atoms with E-state index in [4.69, 9.17) is 0 Å². The third kappa shape index (κ3) is 2.91. The summed E-state index contributed by atoms with van der Waals surface area (Å²) in [6.07, 6.45) is 0. The fraction of sp³-hybridized carbons (Fsp3) is 0.0833. The molecular formula is C12H10BrNOS2. The van der Waals surface area contributed by atoms with E-state index in [-0.39, 0.29) is 5.91 Å². The second-order valence-corrected chi connectivity index (χ2v) is 5.82. The van der Waals surface area contributed by atoms with Crippen LogP contribution in [0.3, 0.4) is 0 Å². The Balaban J connectivity index is 2.21. The molecule has 0 unspecified atom stereocenters. The smallest absolute Gasteiger partial charge is 0.265 e. The van der Waals surface area contributed by atoms with Gasteiger partial charge in [0, 0.05) is 20.4 Å². The van der Waals surface area contributed by atoms with Gasteiger partial charge in [-0.3, -0.25) is 4.79 Å². The molecule has 0 aliphatic carbocycles. The van der Waals surface area contributed by atoms with Crippen molar-refractivity contribution in [3.05, 3.63) is 44.6 Å². The maximum absolute atomic E-state index is 11.9. The van der Waals surface area contributed by atoms with Crippen molar-refractivity contribution in [3.63, 3.8) is 0 Å². The molecule has 1 N–H and O–H groups in total. The van der Waals surface area contributed by atoms with Crippen molar-refractivity contribution in [2.45, 2.75) is 11.8 Å². The highest BCUT2D eigenvalue weighted by molar-refractivity contribution is 9.10. The van der Waals surface area contributed by atoms with Crippen molar-refractivity contribution >= 4 is 51.5 Å². The summed E-state index contributed by atoms with van der Waals surface area (Å²) in [5.41, 5.74) is 1.84. The van der Waals surface area contributed by atoms with Gasteiger partial charge in [0.2, 0.25) is 0 Å². The third-order valence-corrected chi connectivity index (χ3v) is 4.55. The van der Waals surface area contributed by atoms with Crippen LogP contribution in [-0.2, 0) is 0 Å². The molecule has 0 bridgehead atoms. The van der Waals surface area contributed by atoms with Gasteiger partial charge in [-0.25, -0.2) is 0 Å². The number of thiophene rings is 1. The fourth-order valence-electron chi connectivity index (χ4n) is 1.37. The quantitative estimate of drug-likeness (QED) is 0.788. The number of hydrogen-bond acceptors (Lipinski definition) is 3. The molecule has 17 heavy (non-hydrogen) atoms. The Morgan fingerprint density at radius 1 is 1.47 bits per heavy atom. The van der Waals surface area contributed by atoms with Crippen molar-refractivity contribution in [2.75, 3.05) is 5.32 Å². The average molecular weight is 328 g/mol. The SMILES string of the molecule is Cc1c(Br)cccc1NC(=O)c1cc(S)cs1. The summed E-state index contributed by atoms with van der Waals surface area (Å²) in [4.78, 5) is 13.4. The lowest BCUT2D eigenvalue weighted by Gasteiger charge is -2.08. The van der Waals surface area contributed by atoms with Crippen LogP contribution in [0.15, 0.2) is 39.0 Å². The molecule has 2 nitrogen and oxygen atoms in total. The van der Waals surface area contributed by atoms with Crippen LogP contribution >= 0.6 is 39.9 Å². The fourth-order valence-corrected chi connectivity index (χ4v) is 2.78. The van der Waals surface area contributed by atoms with Gasteiger partial charge >= 0.3 is 0 Å². The summed E-state index contributed by atoms with van der Waals surface area (Å²) >= 11 is 9.01. The largest absolute Gasteiger partial charge is 0.321 e. The summed E-state index contributed by atoms with van der Waals surface area (Å²) in [7, 11) is 0. The second kappa shape index (κ2) is 5.25. The predicted octanol–water partition coefficient (Wildman–Crippen LogP) is 4.36. The maximum atomic E-state index is 11.9. The minimum atomic E-state index is -0.100. The summed E-state index contributed by atoms with van der Waals surface area (Å²) in [6, 6.07) is 7.48. The van der Waals surface area contributed by atoms with Crippen LogP contribution in [0.4, 0.5) is 5.69 Å². The standard InChI is InChI=1S/C12H10BrNOS2/c1-7-9(13)3-2-4-10(7)14-12(15)11-5-8(16)6-17-11/h2-6,16H,1H3,(H,14,15). The van der Waals surface area contributed by atoms with Gasteiger partial charge in [-0.2, -0.15) is 0 Å². The number of rotatable bonds is 2. The van der Waals surface area contributed by atoms with Crippen LogP contribution in [0.2, 0.25) is 0 Å². The van der Waals surface area contributed by atoms with Gasteiger partial charge in [0.25, 0.3) is 5.91 Å². The zero-order valence-corrected chi connectivity index (χ0v) is 12.3. The Hall–Kier alpha value is -0.780. The molecule has 0 aliphatic heterocycles. The van der Waals surface area contributed by atoms with Gasteiger partial charge in [0.15, 0.2) is 0 Å². The van der Waals surface area contributed by atoms with Gasteiger partial charge in [-0.05, 0) is 30.7 Å². The van der Waals surface area contributed by atoms with Crippen molar-refractivity contribution in [3.8, 4) is 0 Å². The maximum Gasteiger partial charge on any atom is 0.265 e. The van der Waals surface area contributed by atoms with Crippen molar-refractivity contribution in [1.82, 2.24) is 0 Å². The van der Waals surface area contributed by atoms with Crippen molar-refractivity contribution in [2.24, 2.45) is 0 Å². The Labute approximate surface area is 118 Å². The Morgan fingerprint density at radius 3 is 2.88 bits per heavy atom. The van der Waals surface area contributed by atoms with E-state index in [9.17, 15) is 4.79 Å². The first-order chi connectivity index (χ1) is 8.08. The lowest BCUT2D eigenvalue weighted by atomic mass is 10.2. The third-order valence-electron chi connectivity index (χ3n) is 2.33. The summed E-state index contributed by atoms with van der Waals surface area (Å²) in [5.74, 6) is -0.100. The van der Waals surface area contributed by atoms with Crippen LogP contribution in [0.1, 0.15) is 15.2 Å². The lowest BCUT2D eigenvalue weighted by Crippen LogP contribution is -2.11. The Kier molecular flexibility index (Phi) is 3.91. The van der Waals surface area contributed by atoms with E-state index in [1.807, 2.05) is 30.5 Å². The second-order valence-electron chi connectivity index (χ2n) is 3.54. The van der Waals surface area contributed by atoms with Gasteiger partial charge in [-0.15, -0.1) is 24.0 Å². The van der Waals surface area contributed by atoms with E-state index < -0.39 is 0 Å². The van der Waals surface area contributed by atoms with E-state index in [0.717, 1.165) is 20.6 Å². The molecule has 0 saturated heterocycles. The van der Waals surface area contributed by atoms with Crippen molar-refractivity contribution in [1.29, 1.82) is 0 Å². The first-order valence-corrected chi connectivity index (χ1v) is 7.04. The molecule has 0 saturated carbocycles. The first kappa shape index (κ1) is 12.7. The Morgan fingerprint density at radius 2 is 2.24 bits per heavy atom. The van der Waals surface area contributed by atoms with Gasteiger partial charge in [0.1, 0.15) is 0 Å². The number of halogens is 1. The van der Waals surface area contributed by atoms with Crippen LogP contribution in [0.25, 0.3) is 0 Å². The number of carbonyl (C=O) groups is 1. The number of amides is 1. The molecule has 1 heterocycles. The molecule has 0 spiro atoms. The molecule has 1 amide bonds. The summed E-state index contributed by atoms with van der Waals surface area (Å²) in [5, 5.41) is 4.73. The van der Waals surface area contributed by atoms with Gasteiger partial charge in [-0.1, -0.05) is 22.0 Å². The highest BCUT2D eigenvalue weighted by Gasteiger charge is 2.10. The number of anilines is 1. The van der Waals surface area contributed by atoms with Crippen LogP contribution < -0.4 is 5.32 Å². The molecule has 0 atom stereocenters. The van der Waals surface area contributed by atoms with E-state index in [0.29, 0.717) is 4.88 Å². The topological polar surface area (TPSA) is 29.1 Å². The molecule has 1 aromatic heterocycles.